The van der Waals surface area contributed by atoms with Crippen molar-refractivity contribution in [2.45, 2.75) is 77.7 Å². The summed E-state index contributed by atoms with van der Waals surface area (Å²) in [5.74, 6) is -2.77. The highest BCUT2D eigenvalue weighted by Crippen LogP contribution is 2.64. The largest absolute Gasteiger partial charge is 0.507 e. The Bertz CT molecular complexity index is 1520. The Morgan fingerprint density at radius 2 is 1.52 bits per heavy atom. The maximum Gasteiger partial charge on any atom is 0.241 e. The zero-order valence-electron chi connectivity index (χ0n) is 24.5. The molecule has 2 aromatic rings. The first-order chi connectivity index (χ1) is 20.1. The Balaban J connectivity index is 1.37. The summed E-state index contributed by atoms with van der Waals surface area (Å²) in [4.78, 5) is 59.6. The summed E-state index contributed by atoms with van der Waals surface area (Å²) >= 11 is 0. The quantitative estimate of drug-likeness (QED) is 0.387. The number of nitrogens with zero attached hydrogens (tertiary/aromatic N) is 2. The highest BCUT2D eigenvalue weighted by molar-refractivity contribution is 6.24. The SMILES string of the molecule is Cc1cc([C@H]2C3=CC[C@@H]4C(=O)N(C5CCCCC5)C(=O)[C@@H]4[C@@H]3C[C@H]3C(=O)N(c4ccccc4)C(=O)[C@@]23C)cc(C)c1O. The lowest BCUT2D eigenvalue weighted by molar-refractivity contribution is -0.144. The van der Waals surface area contributed by atoms with Gasteiger partial charge in [0, 0.05) is 12.0 Å². The monoisotopic (exact) mass is 566 g/mol. The van der Waals surface area contributed by atoms with Crippen LogP contribution in [0.4, 0.5) is 5.69 Å². The van der Waals surface area contributed by atoms with Crippen molar-refractivity contribution in [1.29, 1.82) is 0 Å². The second-order valence-electron chi connectivity index (χ2n) is 13.3. The summed E-state index contributed by atoms with van der Waals surface area (Å²) in [5.41, 5.74) is 2.73. The van der Waals surface area contributed by atoms with Crippen LogP contribution in [0.15, 0.2) is 54.1 Å². The van der Waals surface area contributed by atoms with Gasteiger partial charge in [-0.3, -0.25) is 24.1 Å². The van der Waals surface area contributed by atoms with Gasteiger partial charge < -0.3 is 5.11 Å². The molecule has 6 atom stereocenters. The highest BCUT2D eigenvalue weighted by Gasteiger charge is 2.67. The number of rotatable bonds is 3. The molecule has 0 spiro atoms. The average molecular weight is 567 g/mol. The predicted octanol–water partition coefficient (Wildman–Crippen LogP) is 5.57. The molecule has 0 unspecified atom stereocenters. The third kappa shape index (κ3) is 3.64. The average Bonchev–Trinajstić information content (AvgIpc) is 3.36. The van der Waals surface area contributed by atoms with Gasteiger partial charge in [0.05, 0.1) is 28.9 Å². The van der Waals surface area contributed by atoms with Gasteiger partial charge in [-0.25, -0.2) is 4.90 Å². The first-order valence-electron chi connectivity index (χ1n) is 15.4. The number of aryl methyl sites for hydroxylation is 2. The van der Waals surface area contributed by atoms with Crippen molar-refractivity contribution in [3.63, 3.8) is 0 Å². The lowest BCUT2D eigenvalue weighted by atomic mass is 9.51. The number of phenols is 1. The number of hydrogen-bond acceptors (Lipinski definition) is 5. The number of benzene rings is 2. The molecule has 218 valence electrons. The summed E-state index contributed by atoms with van der Waals surface area (Å²) < 4.78 is 0. The standard InChI is InChI=1S/C35H38N2O5/c1-19-16-21(17-20(2)30(19)38)29-24-14-15-25-28(33(41)36(31(25)39)22-10-6-4-7-11-22)26(24)18-27-32(40)37(34(42)35(27,29)3)23-12-8-5-9-13-23/h5,8-9,12-14,16-17,22,25-29,38H,4,6-7,10-11,15,18H2,1-3H3/t25-,26+,27-,28-,29-,35+/m0/s1. The molecule has 2 saturated carbocycles. The number of fused-ring (bicyclic) bond motifs is 4. The Labute approximate surface area is 246 Å². The summed E-state index contributed by atoms with van der Waals surface area (Å²) in [5, 5.41) is 10.6. The molecular formula is C35H38N2O5. The zero-order valence-corrected chi connectivity index (χ0v) is 24.5. The van der Waals surface area contributed by atoms with Crippen LogP contribution >= 0.6 is 0 Å². The Kier molecular flexibility index (Phi) is 6.23. The smallest absolute Gasteiger partial charge is 0.241 e. The van der Waals surface area contributed by atoms with Gasteiger partial charge in [0.2, 0.25) is 23.6 Å². The van der Waals surface area contributed by atoms with E-state index in [0.29, 0.717) is 29.7 Å². The van der Waals surface area contributed by atoms with Crippen LogP contribution in [0.3, 0.4) is 0 Å². The van der Waals surface area contributed by atoms with Crippen LogP contribution in [-0.4, -0.2) is 39.7 Å². The van der Waals surface area contributed by atoms with E-state index in [1.54, 1.807) is 17.0 Å². The minimum absolute atomic E-state index is 0.0388. The molecule has 2 heterocycles. The van der Waals surface area contributed by atoms with Gasteiger partial charge in [-0.15, -0.1) is 0 Å². The summed E-state index contributed by atoms with van der Waals surface area (Å²) in [6.45, 7) is 5.59. The molecule has 0 radical (unpaired) electrons. The van der Waals surface area contributed by atoms with E-state index in [1.165, 1.54) is 4.90 Å². The van der Waals surface area contributed by atoms with Crippen LogP contribution in [-0.2, 0) is 19.2 Å². The molecular weight excluding hydrogens is 528 g/mol. The van der Waals surface area contributed by atoms with Gasteiger partial charge >= 0.3 is 0 Å². The minimum atomic E-state index is -1.08. The molecule has 0 bridgehead atoms. The molecule has 7 nitrogen and oxygen atoms in total. The van der Waals surface area contributed by atoms with E-state index >= 15 is 0 Å². The number of carbonyl (C=O) groups is 4. The third-order valence-corrected chi connectivity index (χ3v) is 11.1. The lowest BCUT2D eigenvalue weighted by Crippen LogP contribution is -2.49. The van der Waals surface area contributed by atoms with Crippen LogP contribution < -0.4 is 4.90 Å². The van der Waals surface area contributed by atoms with Crippen molar-refractivity contribution in [2.24, 2.45) is 29.1 Å². The van der Waals surface area contributed by atoms with Crippen molar-refractivity contribution >= 4 is 29.3 Å². The first kappa shape index (κ1) is 27.1. The van der Waals surface area contributed by atoms with Crippen LogP contribution in [0.1, 0.15) is 74.5 Å². The molecule has 4 amide bonds. The van der Waals surface area contributed by atoms with Gasteiger partial charge in [-0.2, -0.15) is 0 Å². The van der Waals surface area contributed by atoms with Crippen molar-refractivity contribution in [2.75, 3.05) is 4.90 Å². The fraction of sp³-hybridized carbons (Fsp3) is 0.486. The highest BCUT2D eigenvalue weighted by atomic mass is 16.3. The predicted molar refractivity (Wildman–Crippen MR) is 157 cm³/mol. The Morgan fingerprint density at radius 3 is 2.19 bits per heavy atom. The molecule has 4 fully saturated rings. The van der Waals surface area contributed by atoms with Crippen molar-refractivity contribution < 1.29 is 24.3 Å². The number of amides is 4. The maximum absolute atomic E-state index is 14.5. The number of para-hydroxylation sites is 1. The van der Waals surface area contributed by atoms with Crippen LogP contribution in [0.2, 0.25) is 0 Å². The van der Waals surface area contributed by atoms with E-state index in [-0.39, 0.29) is 41.3 Å². The number of allylic oxidation sites excluding steroid dienone is 2. The van der Waals surface area contributed by atoms with Gasteiger partial charge in [0.25, 0.3) is 0 Å². The van der Waals surface area contributed by atoms with Crippen molar-refractivity contribution in [3.05, 3.63) is 70.8 Å². The molecule has 2 aliphatic heterocycles. The molecule has 7 rings (SSSR count). The van der Waals surface area contributed by atoms with E-state index in [1.807, 2.05) is 51.1 Å². The van der Waals surface area contributed by atoms with Crippen LogP contribution in [0.25, 0.3) is 0 Å². The normalized spacial score (nSPS) is 33.0. The van der Waals surface area contributed by atoms with E-state index in [4.69, 9.17) is 0 Å². The molecule has 42 heavy (non-hydrogen) atoms. The number of likely N-dealkylation sites (tertiary alicyclic amines) is 1. The van der Waals surface area contributed by atoms with E-state index in [2.05, 4.69) is 6.08 Å². The molecule has 7 heteroatoms. The molecule has 0 aromatic heterocycles. The Hall–Kier alpha value is -3.74. The minimum Gasteiger partial charge on any atom is -0.507 e. The summed E-state index contributed by atoms with van der Waals surface area (Å²) in [7, 11) is 0. The van der Waals surface area contributed by atoms with Gasteiger partial charge in [-0.05, 0) is 81.2 Å². The number of carbonyl (C=O) groups excluding carboxylic acids is 4. The Morgan fingerprint density at radius 1 is 0.857 bits per heavy atom. The topological polar surface area (TPSA) is 95.0 Å². The zero-order chi connectivity index (χ0) is 29.5. The van der Waals surface area contributed by atoms with Crippen molar-refractivity contribution in [3.8, 4) is 5.75 Å². The number of anilines is 1. The molecule has 1 N–H and O–H groups in total. The second-order valence-corrected chi connectivity index (χ2v) is 13.3. The molecule has 3 aliphatic carbocycles. The number of hydrogen-bond donors (Lipinski definition) is 1. The fourth-order valence-electron chi connectivity index (χ4n) is 9.10. The lowest BCUT2D eigenvalue weighted by Gasteiger charge is -2.49. The summed E-state index contributed by atoms with van der Waals surface area (Å²) in [6.07, 6.45) is 7.83. The van der Waals surface area contributed by atoms with E-state index in [0.717, 1.165) is 43.2 Å². The van der Waals surface area contributed by atoms with Gasteiger partial charge in [0.15, 0.2) is 0 Å². The summed E-state index contributed by atoms with van der Waals surface area (Å²) in [6, 6.07) is 12.9. The van der Waals surface area contributed by atoms with Crippen LogP contribution in [0, 0.1) is 42.9 Å². The van der Waals surface area contributed by atoms with Gasteiger partial charge in [0.1, 0.15) is 5.75 Å². The second kappa shape index (κ2) is 9.65. The third-order valence-electron chi connectivity index (χ3n) is 11.1. The fourth-order valence-corrected chi connectivity index (χ4v) is 9.10. The maximum atomic E-state index is 14.5. The van der Waals surface area contributed by atoms with Gasteiger partial charge in [-0.1, -0.05) is 61.2 Å². The first-order valence-corrected chi connectivity index (χ1v) is 15.4. The van der Waals surface area contributed by atoms with E-state index in [9.17, 15) is 24.3 Å². The number of phenolic OH excluding ortho intramolecular Hbond substituents is 1. The number of aromatic hydroxyl groups is 1. The number of imide groups is 2. The molecule has 2 aromatic carbocycles. The molecule has 2 saturated heterocycles. The van der Waals surface area contributed by atoms with Crippen molar-refractivity contribution in [1.82, 2.24) is 4.90 Å². The molecule has 5 aliphatic rings. The van der Waals surface area contributed by atoms with E-state index < -0.39 is 29.1 Å². The van der Waals surface area contributed by atoms with Crippen LogP contribution in [0.5, 0.6) is 5.75 Å².